The maximum Gasteiger partial charge on any atom is 0.344 e. The minimum absolute atomic E-state index is 0.0923. The molecule has 0 heterocycles. The molecule has 3 aromatic rings. The fraction of sp³-hybridized carbons (Fsp3) is 0. The van der Waals surface area contributed by atoms with E-state index in [2.05, 4.69) is 15.9 Å². The van der Waals surface area contributed by atoms with Gasteiger partial charge in [0.25, 0.3) is 0 Å². The Labute approximate surface area is 168 Å². The smallest absolute Gasteiger partial charge is 0.344 e. The fourth-order valence-electron chi connectivity index (χ4n) is 2.43. The molecule has 0 aliphatic heterocycles. The molecule has 0 radical (unpaired) electrons. The first-order chi connectivity index (χ1) is 13.5. The first-order valence-electron chi connectivity index (χ1n) is 8.19. The van der Waals surface area contributed by atoms with Gasteiger partial charge in [-0.2, -0.15) is 0 Å². The highest BCUT2D eigenvalue weighted by atomic mass is 79.9. The first-order valence-corrected chi connectivity index (χ1v) is 8.98. The molecule has 3 rings (SSSR count). The SMILES string of the molecule is O=C(Oc1ccc(F)cc1C(=O)C=Cc1ccccc1F)c1ccccc1Br. The number of rotatable bonds is 5. The van der Waals surface area contributed by atoms with Gasteiger partial charge >= 0.3 is 5.97 Å². The van der Waals surface area contributed by atoms with Crippen LogP contribution in [-0.4, -0.2) is 11.8 Å². The van der Waals surface area contributed by atoms with Crippen molar-refractivity contribution < 1.29 is 23.1 Å². The second-order valence-electron chi connectivity index (χ2n) is 5.73. The number of ether oxygens (including phenoxy) is 1. The minimum Gasteiger partial charge on any atom is -0.422 e. The normalized spacial score (nSPS) is 10.8. The molecule has 0 saturated heterocycles. The second-order valence-corrected chi connectivity index (χ2v) is 6.58. The van der Waals surface area contributed by atoms with E-state index in [4.69, 9.17) is 4.74 Å². The summed E-state index contributed by atoms with van der Waals surface area (Å²) in [7, 11) is 0. The molecule has 6 heteroatoms. The van der Waals surface area contributed by atoms with Crippen LogP contribution in [0.15, 0.2) is 77.3 Å². The van der Waals surface area contributed by atoms with Crippen molar-refractivity contribution >= 4 is 33.8 Å². The summed E-state index contributed by atoms with van der Waals surface area (Å²) in [5, 5.41) is 0. The molecule has 28 heavy (non-hydrogen) atoms. The molecular weight excluding hydrogens is 430 g/mol. The Morgan fingerprint density at radius 1 is 0.893 bits per heavy atom. The number of halogens is 3. The van der Waals surface area contributed by atoms with E-state index in [1.807, 2.05) is 0 Å². The third-order valence-electron chi connectivity index (χ3n) is 3.82. The number of esters is 1. The second kappa shape index (κ2) is 8.71. The van der Waals surface area contributed by atoms with Gasteiger partial charge in [-0.1, -0.05) is 30.3 Å². The van der Waals surface area contributed by atoms with Crippen molar-refractivity contribution in [2.24, 2.45) is 0 Å². The summed E-state index contributed by atoms with van der Waals surface area (Å²) < 4.78 is 33.2. The van der Waals surface area contributed by atoms with E-state index in [0.29, 0.717) is 4.47 Å². The molecular formula is C22H13BrF2O3. The van der Waals surface area contributed by atoms with Gasteiger partial charge in [-0.25, -0.2) is 13.6 Å². The first kappa shape index (κ1) is 19.6. The van der Waals surface area contributed by atoms with Crippen LogP contribution in [0, 0.1) is 11.6 Å². The summed E-state index contributed by atoms with van der Waals surface area (Å²) in [4.78, 5) is 24.9. The lowest BCUT2D eigenvalue weighted by Gasteiger charge is -2.09. The van der Waals surface area contributed by atoms with Crippen LogP contribution < -0.4 is 4.74 Å². The highest BCUT2D eigenvalue weighted by Crippen LogP contribution is 2.24. The average molecular weight is 443 g/mol. The van der Waals surface area contributed by atoms with Gasteiger partial charge in [0.15, 0.2) is 5.78 Å². The van der Waals surface area contributed by atoms with E-state index in [1.54, 1.807) is 30.3 Å². The quantitative estimate of drug-likeness (QED) is 0.215. The van der Waals surface area contributed by atoms with Gasteiger partial charge in [-0.15, -0.1) is 0 Å². The fourth-order valence-corrected chi connectivity index (χ4v) is 2.88. The van der Waals surface area contributed by atoms with Crippen LogP contribution in [0.1, 0.15) is 26.3 Å². The van der Waals surface area contributed by atoms with Crippen molar-refractivity contribution in [2.45, 2.75) is 0 Å². The molecule has 140 valence electrons. The zero-order valence-corrected chi connectivity index (χ0v) is 16.0. The van der Waals surface area contributed by atoms with Gasteiger partial charge in [-0.3, -0.25) is 4.79 Å². The van der Waals surface area contributed by atoms with Crippen molar-refractivity contribution in [3.8, 4) is 5.75 Å². The number of hydrogen-bond donors (Lipinski definition) is 0. The molecule has 0 aliphatic rings. The van der Waals surface area contributed by atoms with Crippen molar-refractivity contribution in [3.63, 3.8) is 0 Å². The summed E-state index contributed by atoms with van der Waals surface area (Å²) in [5.41, 5.74) is 0.319. The Hall–Kier alpha value is -3.12. The van der Waals surface area contributed by atoms with Crippen molar-refractivity contribution in [3.05, 3.63) is 106 Å². The molecule has 0 fully saturated rings. The number of allylic oxidation sites excluding steroid dienone is 1. The maximum atomic E-state index is 13.7. The summed E-state index contributed by atoms with van der Waals surface area (Å²) >= 11 is 3.25. The summed E-state index contributed by atoms with van der Waals surface area (Å²) in [6.07, 6.45) is 2.38. The molecule has 3 aromatic carbocycles. The zero-order chi connectivity index (χ0) is 20.1. The largest absolute Gasteiger partial charge is 0.422 e. The highest BCUT2D eigenvalue weighted by Gasteiger charge is 2.17. The number of ketones is 1. The third-order valence-corrected chi connectivity index (χ3v) is 4.51. The Balaban J connectivity index is 1.88. The average Bonchev–Trinajstić information content (AvgIpc) is 2.68. The van der Waals surface area contributed by atoms with Crippen LogP contribution in [0.3, 0.4) is 0 Å². The van der Waals surface area contributed by atoms with Crippen molar-refractivity contribution in [2.75, 3.05) is 0 Å². The zero-order valence-electron chi connectivity index (χ0n) is 14.4. The molecule has 0 bridgehead atoms. The number of benzene rings is 3. The summed E-state index contributed by atoms with van der Waals surface area (Å²) in [6.45, 7) is 0. The van der Waals surface area contributed by atoms with E-state index in [9.17, 15) is 18.4 Å². The van der Waals surface area contributed by atoms with E-state index in [0.717, 1.165) is 18.2 Å². The van der Waals surface area contributed by atoms with Gasteiger partial charge in [-0.05, 0) is 64.5 Å². The van der Waals surface area contributed by atoms with E-state index < -0.39 is 23.4 Å². The Morgan fingerprint density at radius 2 is 1.61 bits per heavy atom. The van der Waals surface area contributed by atoms with Crippen LogP contribution >= 0.6 is 15.9 Å². The van der Waals surface area contributed by atoms with Gasteiger partial charge in [0.05, 0.1) is 11.1 Å². The monoisotopic (exact) mass is 442 g/mol. The molecule has 0 aliphatic carbocycles. The Kier molecular flexibility index (Phi) is 6.11. The molecule has 0 unspecified atom stereocenters. The Bertz CT molecular complexity index is 1080. The molecule has 0 saturated carbocycles. The minimum atomic E-state index is -0.703. The van der Waals surface area contributed by atoms with Gasteiger partial charge in [0.2, 0.25) is 0 Å². The standard InChI is InChI=1S/C22H13BrF2O3/c23-18-7-3-2-6-16(18)22(27)28-21-12-10-15(24)13-17(21)20(26)11-9-14-5-1-4-8-19(14)25/h1-13H. The van der Waals surface area contributed by atoms with E-state index >= 15 is 0 Å². The van der Waals surface area contributed by atoms with Gasteiger partial charge in [0.1, 0.15) is 17.4 Å². The highest BCUT2D eigenvalue weighted by molar-refractivity contribution is 9.10. The maximum absolute atomic E-state index is 13.7. The lowest BCUT2D eigenvalue weighted by Crippen LogP contribution is -2.12. The van der Waals surface area contributed by atoms with Crippen molar-refractivity contribution in [1.29, 1.82) is 0 Å². The molecule has 0 aromatic heterocycles. The summed E-state index contributed by atoms with van der Waals surface area (Å²) in [5.74, 6) is -2.58. The van der Waals surface area contributed by atoms with Crippen LogP contribution in [0.25, 0.3) is 6.08 Å². The topological polar surface area (TPSA) is 43.4 Å². The number of hydrogen-bond acceptors (Lipinski definition) is 3. The van der Waals surface area contributed by atoms with Crippen LogP contribution in [0.2, 0.25) is 0 Å². The van der Waals surface area contributed by atoms with Crippen LogP contribution in [0.5, 0.6) is 5.75 Å². The molecule has 3 nitrogen and oxygen atoms in total. The molecule has 0 atom stereocenters. The van der Waals surface area contributed by atoms with Crippen LogP contribution in [0.4, 0.5) is 8.78 Å². The lowest BCUT2D eigenvalue weighted by atomic mass is 10.1. The van der Waals surface area contributed by atoms with E-state index in [-0.39, 0.29) is 22.4 Å². The number of carbonyl (C=O) groups is 2. The predicted molar refractivity (Wildman–Crippen MR) is 105 cm³/mol. The lowest BCUT2D eigenvalue weighted by molar-refractivity contribution is 0.0732. The van der Waals surface area contributed by atoms with Gasteiger partial charge in [0, 0.05) is 10.0 Å². The van der Waals surface area contributed by atoms with E-state index in [1.165, 1.54) is 30.3 Å². The Morgan fingerprint density at radius 3 is 2.36 bits per heavy atom. The van der Waals surface area contributed by atoms with Gasteiger partial charge < -0.3 is 4.74 Å². The third kappa shape index (κ3) is 4.58. The number of carbonyl (C=O) groups excluding carboxylic acids is 2. The predicted octanol–water partition coefficient (Wildman–Crippen LogP) is 5.84. The van der Waals surface area contributed by atoms with Crippen LogP contribution in [-0.2, 0) is 0 Å². The summed E-state index contributed by atoms with van der Waals surface area (Å²) in [6, 6.07) is 15.8. The van der Waals surface area contributed by atoms with Crippen molar-refractivity contribution in [1.82, 2.24) is 0 Å². The molecule has 0 spiro atoms. The molecule has 0 amide bonds. The molecule has 0 N–H and O–H groups in total.